The topological polar surface area (TPSA) is 59.0 Å². The van der Waals surface area contributed by atoms with Gasteiger partial charge in [-0.15, -0.1) is 11.3 Å². The van der Waals surface area contributed by atoms with E-state index in [1.54, 1.807) is 21.7 Å². The van der Waals surface area contributed by atoms with Crippen LogP contribution in [0.4, 0.5) is 8.78 Å². The normalized spacial score (nSPS) is 16.4. The van der Waals surface area contributed by atoms with Crippen molar-refractivity contribution in [3.63, 3.8) is 0 Å². The minimum Gasteiger partial charge on any atom is -0.299 e. The third-order valence-electron chi connectivity index (χ3n) is 5.25. The maximum Gasteiger partial charge on any atom is 0.257 e. The van der Waals surface area contributed by atoms with E-state index in [0.29, 0.717) is 31.6 Å². The molecule has 0 N–H and O–H groups in total. The van der Waals surface area contributed by atoms with Gasteiger partial charge in [-0.3, -0.25) is 14.7 Å². The summed E-state index contributed by atoms with van der Waals surface area (Å²) in [4.78, 5) is 19.6. The molecule has 0 bridgehead atoms. The number of carbonyl (C=O) groups excluding carboxylic acids is 1. The number of halogens is 2. The second-order valence-corrected chi connectivity index (χ2v) is 8.63. The van der Waals surface area contributed by atoms with Gasteiger partial charge in [-0.1, -0.05) is 6.07 Å². The molecule has 1 aliphatic rings. The molecule has 0 aliphatic carbocycles. The van der Waals surface area contributed by atoms with E-state index in [0.717, 1.165) is 28.3 Å². The fourth-order valence-corrected chi connectivity index (χ4v) is 4.43. The van der Waals surface area contributed by atoms with Crippen molar-refractivity contribution in [2.24, 2.45) is 5.92 Å². The number of fused-ring (bicyclic) bond motifs is 1. The van der Waals surface area contributed by atoms with Gasteiger partial charge >= 0.3 is 0 Å². The summed E-state index contributed by atoms with van der Waals surface area (Å²) in [5.41, 5.74) is 4.28. The standard InChI is InChI=1S/C21H22F2N4OS/c1-21(22,23)12-27-6-4-14(5-7-27)19(28)10-17-9-16-8-15(20-11-24-13-29-20)2-3-18(16)26-25-17/h2-3,8-9,11,13-14H,4-7,10,12H2,1H3. The second kappa shape index (κ2) is 8.20. The predicted octanol–water partition coefficient (Wildman–Crippen LogP) is 4.23. The lowest BCUT2D eigenvalue weighted by Gasteiger charge is -2.32. The number of nitrogens with zero attached hydrogens (tertiary/aromatic N) is 4. The lowest BCUT2D eigenvalue weighted by atomic mass is 9.90. The van der Waals surface area contributed by atoms with Crippen LogP contribution in [-0.2, 0) is 11.2 Å². The summed E-state index contributed by atoms with van der Waals surface area (Å²) < 4.78 is 26.3. The number of thiazole rings is 1. The van der Waals surface area contributed by atoms with Crippen molar-refractivity contribution in [2.45, 2.75) is 32.1 Å². The Kier molecular flexibility index (Phi) is 5.65. The number of benzene rings is 1. The highest BCUT2D eigenvalue weighted by atomic mass is 32.1. The highest BCUT2D eigenvalue weighted by molar-refractivity contribution is 7.13. The summed E-state index contributed by atoms with van der Waals surface area (Å²) in [7, 11) is 0. The van der Waals surface area contributed by atoms with Gasteiger partial charge in [-0.25, -0.2) is 8.78 Å². The summed E-state index contributed by atoms with van der Waals surface area (Å²) >= 11 is 1.57. The summed E-state index contributed by atoms with van der Waals surface area (Å²) in [6, 6.07) is 7.86. The van der Waals surface area contributed by atoms with E-state index in [2.05, 4.69) is 15.2 Å². The average Bonchev–Trinajstić information content (AvgIpc) is 3.21. The molecule has 8 heteroatoms. The van der Waals surface area contributed by atoms with Crippen molar-refractivity contribution in [3.05, 3.63) is 41.7 Å². The fourth-order valence-electron chi connectivity index (χ4n) is 3.81. The number of likely N-dealkylation sites (tertiary alicyclic amines) is 1. The number of carbonyl (C=O) groups is 1. The maximum absolute atomic E-state index is 13.2. The molecule has 5 nitrogen and oxygen atoms in total. The summed E-state index contributed by atoms with van der Waals surface area (Å²) in [6.07, 6.45) is 3.28. The van der Waals surface area contributed by atoms with Crippen LogP contribution in [0.5, 0.6) is 0 Å². The van der Waals surface area contributed by atoms with E-state index in [9.17, 15) is 13.6 Å². The van der Waals surface area contributed by atoms with Gasteiger partial charge in [-0.05, 0) is 49.7 Å². The number of alkyl halides is 2. The van der Waals surface area contributed by atoms with Gasteiger partial charge in [0.1, 0.15) is 5.78 Å². The van der Waals surface area contributed by atoms with Crippen molar-refractivity contribution in [3.8, 4) is 10.4 Å². The van der Waals surface area contributed by atoms with Gasteiger partial charge in [0.15, 0.2) is 0 Å². The molecule has 0 unspecified atom stereocenters. The third-order valence-corrected chi connectivity index (χ3v) is 6.07. The Labute approximate surface area is 171 Å². The van der Waals surface area contributed by atoms with E-state index >= 15 is 0 Å². The van der Waals surface area contributed by atoms with Crippen molar-refractivity contribution in [2.75, 3.05) is 19.6 Å². The Morgan fingerprint density at radius 2 is 2.03 bits per heavy atom. The van der Waals surface area contributed by atoms with Crippen LogP contribution in [0.2, 0.25) is 0 Å². The zero-order valence-corrected chi connectivity index (χ0v) is 17.0. The third kappa shape index (κ3) is 5.00. The van der Waals surface area contributed by atoms with Crippen LogP contribution in [0.3, 0.4) is 0 Å². The number of Topliss-reactive ketones (excluding diaryl/α,β-unsaturated/α-hetero) is 1. The molecular formula is C21H22F2N4OS. The summed E-state index contributed by atoms with van der Waals surface area (Å²) in [5, 5.41) is 9.39. The molecule has 3 aromatic rings. The van der Waals surface area contributed by atoms with Crippen LogP contribution < -0.4 is 0 Å². The summed E-state index contributed by atoms with van der Waals surface area (Å²) in [5.74, 6) is -2.69. The van der Waals surface area contributed by atoms with Gasteiger partial charge in [-0.2, -0.15) is 10.2 Å². The van der Waals surface area contributed by atoms with Gasteiger partial charge in [0.2, 0.25) is 0 Å². The number of hydrogen-bond donors (Lipinski definition) is 0. The van der Waals surface area contributed by atoms with Crippen LogP contribution in [-0.4, -0.2) is 51.4 Å². The Bertz CT molecular complexity index is 996. The molecule has 3 heterocycles. The molecule has 29 heavy (non-hydrogen) atoms. The lowest BCUT2D eigenvalue weighted by molar-refractivity contribution is -0.124. The molecule has 1 saturated heterocycles. The molecule has 0 atom stereocenters. The highest BCUT2D eigenvalue weighted by Crippen LogP contribution is 2.27. The SMILES string of the molecule is CC(F)(F)CN1CCC(C(=O)Cc2cc3cc(-c4cncs4)ccc3nn2)CC1. The second-order valence-electron chi connectivity index (χ2n) is 7.74. The maximum atomic E-state index is 13.2. The van der Waals surface area contributed by atoms with Crippen LogP contribution in [0, 0.1) is 5.92 Å². The number of aromatic nitrogens is 3. The number of piperidine rings is 1. The first-order valence-electron chi connectivity index (χ1n) is 9.65. The fraction of sp³-hybridized carbons (Fsp3) is 0.429. The molecule has 0 saturated carbocycles. The van der Waals surface area contributed by atoms with Gasteiger partial charge in [0.25, 0.3) is 5.92 Å². The first-order chi connectivity index (χ1) is 13.9. The highest BCUT2D eigenvalue weighted by Gasteiger charge is 2.30. The molecule has 4 rings (SSSR count). The van der Waals surface area contributed by atoms with E-state index in [1.165, 1.54) is 0 Å². The minimum atomic E-state index is -2.70. The molecule has 0 spiro atoms. The molecule has 0 amide bonds. The predicted molar refractivity (Wildman–Crippen MR) is 109 cm³/mol. The van der Waals surface area contributed by atoms with Crippen molar-refractivity contribution >= 4 is 28.0 Å². The van der Waals surface area contributed by atoms with Crippen LogP contribution in [0.1, 0.15) is 25.5 Å². The molecular weight excluding hydrogens is 394 g/mol. The average molecular weight is 416 g/mol. The van der Waals surface area contributed by atoms with Gasteiger partial charge < -0.3 is 0 Å². The molecule has 1 aromatic carbocycles. The lowest BCUT2D eigenvalue weighted by Crippen LogP contribution is -2.42. The van der Waals surface area contributed by atoms with E-state index in [-0.39, 0.29) is 24.7 Å². The zero-order valence-electron chi connectivity index (χ0n) is 16.1. The monoisotopic (exact) mass is 416 g/mol. The zero-order chi connectivity index (χ0) is 20.4. The molecule has 1 fully saturated rings. The minimum absolute atomic E-state index is 0.0993. The van der Waals surface area contributed by atoms with E-state index in [4.69, 9.17) is 0 Å². The largest absolute Gasteiger partial charge is 0.299 e. The van der Waals surface area contributed by atoms with Crippen LogP contribution in [0.25, 0.3) is 21.3 Å². The Hall–Kier alpha value is -2.32. The Morgan fingerprint density at radius 3 is 2.72 bits per heavy atom. The number of hydrogen-bond acceptors (Lipinski definition) is 6. The van der Waals surface area contributed by atoms with Crippen LogP contribution in [0.15, 0.2) is 36.0 Å². The molecule has 2 aromatic heterocycles. The smallest absolute Gasteiger partial charge is 0.257 e. The molecule has 0 radical (unpaired) electrons. The number of ketones is 1. The first-order valence-corrected chi connectivity index (χ1v) is 10.5. The quantitative estimate of drug-likeness (QED) is 0.602. The van der Waals surface area contributed by atoms with Crippen molar-refractivity contribution in [1.82, 2.24) is 20.1 Å². The first kappa shape index (κ1) is 20.0. The van der Waals surface area contributed by atoms with E-state index < -0.39 is 5.92 Å². The van der Waals surface area contributed by atoms with Gasteiger partial charge in [0, 0.05) is 24.4 Å². The van der Waals surface area contributed by atoms with E-state index in [1.807, 2.05) is 30.5 Å². The van der Waals surface area contributed by atoms with Gasteiger partial charge in [0.05, 0.1) is 34.6 Å². The van der Waals surface area contributed by atoms with Crippen molar-refractivity contribution < 1.29 is 13.6 Å². The Balaban J connectivity index is 1.42. The number of rotatable bonds is 6. The van der Waals surface area contributed by atoms with Crippen LogP contribution >= 0.6 is 11.3 Å². The van der Waals surface area contributed by atoms with Crippen molar-refractivity contribution in [1.29, 1.82) is 0 Å². The molecule has 1 aliphatic heterocycles. The molecule has 152 valence electrons. The Morgan fingerprint density at radius 1 is 1.24 bits per heavy atom. The summed E-state index contributed by atoms with van der Waals surface area (Å²) in [6.45, 7) is 1.75.